The van der Waals surface area contributed by atoms with Gasteiger partial charge in [0.25, 0.3) is 0 Å². The Morgan fingerprint density at radius 2 is 2.06 bits per heavy atom. The van der Waals surface area contributed by atoms with Crippen LogP contribution < -0.4 is 10.5 Å². The van der Waals surface area contributed by atoms with E-state index in [4.69, 9.17) is 10.5 Å². The van der Waals surface area contributed by atoms with Gasteiger partial charge in [0.2, 0.25) is 0 Å². The maximum Gasteiger partial charge on any atom is 0.164 e. The summed E-state index contributed by atoms with van der Waals surface area (Å²) in [6, 6.07) is 3.96. The Balaban J connectivity index is 2.55. The summed E-state index contributed by atoms with van der Waals surface area (Å²) in [5, 5.41) is 10.1. The molecule has 0 heterocycles. The monoisotopic (exact) mass is 249 g/mol. The molecule has 0 radical (unpaired) electrons. The van der Waals surface area contributed by atoms with Gasteiger partial charge in [0.05, 0.1) is 7.11 Å². The number of aromatic hydroxyl groups is 1. The molecule has 0 amide bonds. The summed E-state index contributed by atoms with van der Waals surface area (Å²) in [5.41, 5.74) is 8.20. The Bertz CT molecular complexity index is 431. The number of nitrogens with two attached hydrogens (primary N) is 1. The van der Waals surface area contributed by atoms with E-state index in [1.54, 1.807) is 13.2 Å². The summed E-state index contributed by atoms with van der Waals surface area (Å²) in [6.45, 7) is 4.87. The largest absolute Gasteiger partial charge is 0.504 e. The predicted octanol–water partition coefficient (Wildman–Crippen LogP) is 2.90. The van der Waals surface area contributed by atoms with Gasteiger partial charge in [-0.1, -0.05) is 26.3 Å². The third-order valence-corrected chi connectivity index (χ3v) is 4.24. The van der Waals surface area contributed by atoms with Crippen LogP contribution >= 0.6 is 0 Å². The molecule has 0 aliphatic heterocycles. The zero-order chi connectivity index (χ0) is 13.3. The number of ether oxygens (including phenoxy) is 1. The summed E-state index contributed by atoms with van der Waals surface area (Å²) in [4.78, 5) is 0. The lowest BCUT2D eigenvalue weighted by Crippen LogP contribution is -2.41. The van der Waals surface area contributed by atoms with Crippen LogP contribution in [-0.2, 0) is 5.41 Å². The van der Waals surface area contributed by atoms with Gasteiger partial charge in [-0.2, -0.15) is 0 Å². The number of methoxy groups -OCH3 is 1. The first-order valence-electron chi connectivity index (χ1n) is 6.65. The molecule has 3 nitrogen and oxygen atoms in total. The lowest BCUT2D eigenvalue weighted by atomic mass is 9.64. The van der Waals surface area contributed by atoms with Crippen molar-refractivity contribution >= 4 is 0 Å². The highest BCUT2D eigenvalue weighted by molar-refractivity contribution is 5.53. The summed E-state index contributed by atoms with van der Waals surface area (Å²) in [5.74, 6) is 1.22. The fourth-order valence-electron chi connectivity index (χ4n) is 2.76. The number of benzene rings is 1. The van der Waals surface area contributed by atoms with Gasteiger partial charge in [0, 0.05) is 17.5 Å². The average molecular weight is 249 g/mol. The van der Waals surface area contributed by atoms with Crippen molar-refractivity contribution in [1.29, 1.82) is 0 Å². The zero-order valence-electron chi connectivity index (χ0n) is 11.5. The Labute approximate surface area is 109 Å². The molecule has 1 fully saturated rings. The summed E-state index contributed by atoms with van der Waals surface area (Å²) in [6.07, 6.45) is 3.37. The Kier molecular flexibility index (Phi) is 3.53. The maximum atomic E-state index is 10.1. The molecule has 1 aliphatic carbocycles. The first kappa shape index (κ1) is 13.2. The maximum absolute atomic E-state index is 10.1. The number of rotatable bonds is 4. The first-order chi connectivity index (χ1) is 8.54. The molecule has 0 bridgehead atoms. The molecule has 18 heavy (non-hydrogen) atoms. The van der Waals surface area contributed by atoms with Crippen molar-refractivity contribution in [2.45, 2.75) is 44.4 Å². The van der Waals surface area contributed by atoms with Crippen LogP contribution in [0.25, 0.3) is 0 Å². The second kappa shape index (κ2) is 4.81. The molecule has 0 atom stereocenters. The van der Waals surface area contributed by atoms with Gasteiger partial charge in [-0.3, -0.25) is 0 Å². The molecule has 3 heteroatoms. The fraction of sp³-hybridized carbons (Fsp3) is 0.600. The number of hydrogen-bond acceptors (Lipinski definition) is 3. The van der Waals surface area contributed by atoms with Crippen LogP contribution in [0, 0.1) is 0 Å². The number of phenolic OH excluding ortho intramolecular Hbond substituents is 1. The Morgan fingerprint density at radius 1 is 1.39 bits per heavy atom. The fourth-order valence-corrected chi connectivity index (χ4v) is 2.76. The predicted molar refractivity (Wildman–Crippen MR) is 73.3 cm³/mol. The van der Waals surface area contributed by atoms with Crippen molar-refractivity contribution in [1.82, 2.24) is 0 Å². The van der Waals surface area contributed by atoms with Crippen molar-refractivity contribution in [3.8, 4) is 11.5 Å². The van der Waals surface area contributed by atoms with Gasteiger partial charge < -0.3 is 15.6 Å². The van der Waals surface area contributed by atoms with Crippen molar-refractivity contribution in [2.75, 3.05) is 13.7 Å². The molecule has 0 saturated heterocycles. The van der Waals surface area contributed by atoms with E-state index in [-0.39, 0.29) is 11.2 Å². The van der Waals surface area contributed by atoms with Crippen LogP contribution in [0.4, 0.5) is 0 Å². The molecule has 0 unspecified atom stereocenters. The molecule has 1 aromatic rings. The smallest absolute Gasteiger partial charge is 0.164 e. The highest BCUT2D eigenvalue weighted by Crippen LogP contribution is 2.49. The third-order valence-electron chi connectivity index (χ3n) is 4.24. The zero-order valence-corrected chi connectivity index (χ0v) is 11.5. The van der Waals surface area contributed by atoms with Crippen LogP contribution in [0.1, 0.15) is 50.2 Å². The lowest BCUT2D eigenvalue weighted by Gasteiger charge is -2.42. The van der Waals surface area contributed by atoms with Crippen LogP contribution in [0.3, 0.4) is 0 Å². The summed E-state index contributed by atoms with van der Waals surface area (Å²) >= 11 is 0. The van der Waals surface area contributed by atoms with Crippen LogP contribution in [0.2, 0.25) is 0 Å². The van der Waals surface area contributed by atoms with E-state index in [9.17, 15) is 5.11 Å². The van der Waals surface area contributed by atoms with E-state index >= 15 is 0 Å². The van der Waals surface area contributed by atoms with Crippen LogP contribution in [-0.4, -0.2) is 18.8 Å². The summed E-state index contributed by atoms with van der Waals surface area (Å²) in [7, 11) is 1.61. The van der Waals surface area contributed by atoms with Gasteiger partial charge in [-0.25, -0.2) is 0 Å². The second-order valence-electron chi connectivity index (χ2n) is 5.61. The van der Waals surface area contributed by atoms with Gasteiger partial charge in [-0.05, 0) is 30.4 Å². The van der Waals surface area contributed by atoms with E-state index in [0.29, 0.717) is 18.2 Å². The van der Waals surface area contributed by atoms with Crippen molar-refractivity contribution in [3.05, 3.63) is 23.3 Å². The molecule has 1 aliphatic rings. The molecular formula is C15H23NO2. The van der Waals surface area contributed by atoms with Crippen LogP contribution in [0.5, 0.6) is 11.5 Å². The highest BCUT2D eigenvalue weighted by Gasteiger charge is 2.40. The number of hydrogen-bond donors (Lipinski definition) is 2. The summed E-state index contributed by atoms with van der Waals surface area (Å²) < 4.78 is 5.39. The minimum atomic E-state index is 0.00766. The topological polar surface area (TPSA) is 55.5 Å². The first-order valence-corrected chi connectivity index (χ1v) is 6.65. The quantitative estimate of drug-likeness (QED) is 0.862. The van der Waals surface area contributed by atoms with Crippen LogP contribution in [0.15, 0.2) is 12.1 Å². The standard InChI is InChI=1S/C15H23NO2/c1-10(2)11-7-12(14(18-3)13(17)8-11)15(9-16)5-4-6-15/h7-8,10,17H,4-6,9,16H2,1-3H3. The van der Waals surface area contributed by atoms with Crippen molar-refractivity contribution in [2.24, 2.45) is 5.73 Å². The van der Waals surface area contributed by atoms with E-state index in [1.165, 1.54) is 6.42 Å². The molecular weight excluding hydrogens is 226 g/mol. The second-order valence-corrected chi connectivity index (χ2v) is 5.61. The minimum Gasteiger partial charge on any atom is -0.504 e. The average Bonchev–Trinajstić information content (AvgIpc) is 2.27. The van der Waals surface area contributed by atoms with Gasteiger partial charge in [0.15, 0.2) is 11.5 Å². The molecule has 1 aromatic carbocycles. The van der Waals surface area contributed by atoms with E-state index in [1.807, 2.05) is 0 Å². The van der Waals surface area contributed by atoms with Crippen molar-refractivity contribution in [3.63, 3.8) is 0 Å². The Hall–Kier alpha value is -1.22. The normalized spacial score (nSPS) is 17.6. The molecule has 3 N–H and O–H groups in total. The van der Waals surface area contributed by atoms with E-state index in [0.717, 1.165) is 24.0 Å². The van der Waals surface area contributed by atoms with E-state index in [2.05, 4.69) is 19.9 Å². The third kappa shape index (κ3) is 1.97. The SMILES string of the molecule is COc1c(O)cc(C(C)C)cc1C1(CN)CCC1. The van der Waals surface area contributed by atoms with Gasteiger partial charge >= 0.3 is 0 Å². The molecule has 1 saturated carbocycles. The molecule has 0 spiro atoms. The molecule has 100 valence electrons. The van der Waals surface area contributed by atoms with Gasteiger partial charge in [0.1, 0.15) is 0 Å². The minimum absolute atomic E-state index is 0.00766. The van der Waals surface area contributed by atoms with Crippen molar-refractivity contribution < 1.29 is 9.84 Å². The number of phenols is 1. The molecule has 0 aromatic heterocycles. The Morgan fingerprint density at radius 3 is 2.44 bits per heavy atom. The lowest BCUT2D eigenvalue weighted by molar-refractivity contribution is 0.240. The van der Waals surface area contributed by atoms with E-state index < -0.39 is 0 Å². The molecule has 2 rings (SSSR count). The van der Waals surface area contributed by atoms with Gasteiger partial charge in [-0.15, -0.1) is 0 Å². The highest BCUT2D eigenvalue weighted by atomic mass is 16.5.